The van der Waals surface area contributed by atoms with Crippen LogP contribution in [0.5, 0.6) is 0 Å². The molecule has 14 heavy (non-hydrogen) atoms. The summed E-state index contributed by atoms with van der Waals surface area (Å²) < 4.78 is 5.44. The second-order valence-electron chi connectivity index (χ2n) is 3.92. The molecule has 1 aliphatic heterocycles. The summed E-state index contributed by atoms with van der Waals surface area (Å²) in [5.74, 6) is 1.93. The fourth-order valence-electron chi connectivity index (χ4n) is 1.97. The predicted octanol–water partition coefficient (Wildman–Crippen LogP) is 1.18. The number of nitrogens with one attached hydrogen (secondary N) is 1. The van der Waals surface area contributed by atoms with Gasteiger partial charge in [-0.25, -0.2) is 0 Å². The quantitative estimate of drug-likeness (QED) is 0.702. The third kappa shape index (κ3) is 2.64. The molecule has 0 bridgehead atoms. The Labute approximate surface area is 89.0 Å². The largest absolute Gasteiger partial charge is 0.461 e. The summed E-state index contributed by atoms with van der Waals surface area (Å²) in [6.45, 7) is 0.926. The Morgan fingerprint density at radius 3 is 2.79 bits per heavy atom. The molecule has 2 rings (SSSR count). The van der Waals surface area contributed by atoms with Crippen LogP contribution in [0.2, 0.25) is 0 Å². The van der Waals surface area contributed by atoms with Gasteiger partial charge in [-0.1, -0.05) is 0 Å². The number of hydrogen-bond acceptors (Lipinski definition) is 4. The highest BCUT2D eigenvalue weighted by atomic mass is 32.2. The predicted molar refractivity (Wildman–Crippen MR) is 57.5 cm³/mol. The number of carbonyl (C=O) groups excluding carboxylic acids is 1. The van der Waals surface area contributed by atoms with Crippen LogP contribution in [-0.4, -0.2) is 36.2 Å². The van der Waals surface area contributed by atoms with E-state index in [0.29, 0.717) is 0 Å². The summed E-state index contributed by atoms with van der Waals surface area (Å²) in [5.41, 5.74) is 0. The van der Waals surface area contributed by atoms with E-state index in [1.807, 2.05) is 11.8 Å². The molecule has 1 atom stereocenters. The average molecular weight is 215 g/mol. The number of esters is 1. The molecule has 1 saturated carbocycles. The van der Waals surface area contributed by atoms with Gasteiger partial charge in [0.2, 0.25) is 0 Å². The van der Waals surface area contributed by atoms with Crippen molar-refractivity contribution in [2.75, 3.05) is 18.1 Å². The summed E-state index contributed by atoms with van der Waals surface area (Å²) in [4.78, 5) is 11.7. The molecule has 80 valence electrons. The molecule has 0 aromatic carbocycles. The Morgan fingerprint density at radius 2 is 2.14 bits per heavy atom. The average Bonchev–Trinajstić information content (AvgIpc) is 2.72. The topological polar surface area (TPSA) is 38.3 Å². The van der Waals surface area contributed by atoms with Crippen LogP contribution >= 0.6 is 11.8 Å². The van der Waals surface area contributed by atoms with E-state index in [0.717, 1.165) is 30.9 Å². The zero-order valence-corrected chi connectivity index (χ0v) is 9.15. The fourth-order valence-corrected chi connectivity index (χ4v) is 2.89. The van der Waals surface area contributed by atoms with E-state index in [4.69, 9.17) is 4.74 Å². The highest BCUT2D eigenvalue weighted by Crippen LogP contribution is 2.22. The Morgan fingerprint density at radius 1 is 1.36 bits per heavy atom. The molecule has 0 amide bonds. The lowest BCUT2D eigenvalue weighted by atomic mass is 10.3. The second-order valence-corrected chi connectivity index (χ2v) is 5.07. The monoisotopic (exact) mass is 215 g/mol. The van der Waals surface area contributed by atoms with Crippen molar-refractivity contribution in [3.63, 3.8) is 0 Å². The lowest BCUT2D eigenvalue weighted by molar-refractivity contribution is -0.150. The zero-order valence-electron chi connectivity index (χ0n) is 8.33. The number of hydrogen-bond donors (Lipinski definition) is 1. The second kappa shape index (κ2) is 5.03. The smallest absolute Gasteiger partial charge is 0.324 e. The van der Waals surface area contributed by atoms with Gasteiger partial charge in [-0.05, 0) is 25.7 Å². The number of carbonyl (C=O) groups is 1. The number of rotatable bonds is 2. The van der Waals surface area contributed by atoms with Crippen LogP contribution in [0, 0.1) is 0 Å². The third-order valence-corrected chi connectivity index (χ3v) is 3.85. The summed E-state index contributed by atoms with van der Waals surface area (Å²) in [6.07, 6.45) is 4.75. The van der Waals surface area contributed by atoms with Crippen molar-refractivity contribution < 1.29 is 9.53 Å². The molecule has 1 saturated heterocycles. The minimum atomic E-state index is -0.0608. The maximum absolute atomic E-state index is 11.7. The lowest BCUT2D eigenvalue weighted by Crippen LogP contribution is -2.45. The molecule has 0 aromatic rings. The molecular weight excluding hydrogens is 198 g/mol. The Balaban J connectivity index is 1.75. The van der Waals surface area contributed by atoms with Gasteiger partial charge in [0, 0.05) is 18.1 Å². The van der Waals surface area contributed by atoms with Crippen molar-refractivity contribution in [2.45, 2.75) is 37.8 Å². The minimum absolute atomic E-state index is 0.0379. The van der Waals surface area contributed by atoms with Crippen LogP contribution < -0.4 is 5.32 Å². The van der Waals surface area contributed by atoms with Gasteiger partial charge in [0.05, 0.1) is 0 Å². The first-order valence-electron chi connectivity index (χ1n) is 5.38. The molecular formula is C10H17NO2S. The minimum Gasteiger partial charge on any atom is -0.461 e. The molecule has 1 N–H and O–H groups in total. The molecule has 3 nitrogen and oxygen atoms in total. The van der Waals surface area contributed by atoms with Gasteiger partial charge in [0.25, 0.3) is 0 Å². The SMILES string of the molecule is O=C(OC1CCCC1)C1CSCCN1. The van der Waals surface area contributed by atoms with Gasteiger partial charge in [-0.2, -0.15) is 11.8 Å². The molecule has 1 unspecified atom stereocenters. The van der Waals surface area contributed by atoms with Gasteiger partial charge in [-0.3, -0.25) is 4.79 Å². The maximum Gasteiger partial charge on any atom is 0.324 e. The van der Waals surface area contributed by atoms with Crippen molar-refractivity contribution in [2.24, 2.45) is 0 Å². The molecule has 0 radical (unpaired) electrons. The van der Waals surface area contributed by atoms with E-state index in [9.17, 15) is 4.79 Å². The van der Waals surface area contributed by atoms with Crippen LogP contribution in [0.15, 0.2) is 0 Å². The Bertz CT molecular complexity index is 198. The van der Waals surface area contributed by atoms with Gasteiger partial charge in [-0.15, -0.1) is 0 Å². The standard InChI is InChI=1S/C10H17NO2S/c12-10(9-7-14-6-5-11-9)13-8-3-1-2-4-8/h8-9,11H,1-7H2. The molecule has 4 heteroatoms. The van der Waals surface area contributed by atoms with E-state index < -0.39 is 0 Å². The van der Waals surface area contributed by atoms with Crippen molar-refractivity contribution in [1.82, 2.24) is 5.32 Å². The Kier molecular flexibility index (Phi) is 3.70. The van der Waals surface area contributed by atoms with E-state index in [2.05, 4.69) is 5.32 Å². The first kappa shape index (κ1) is 10.3. The first-order valence-corrected chi connectivity index (χ1v) is 6.53. The molecule has 0 spiro atoms. The number of ether oxygens (including phenoxy) is 1. The lowest BCUT2D eigenvalue weighted by Gasteiger charge is -2.23. The Hall–Kier alpha value is -0.220. The zero-order chi connectivity index (χ0) is 9.80. The molecule has 2 aliphatic rings. The van der Waals surface area contributed by atoms with Gasteiger partial charge >= 0.3 is 5.97 Å². The van der Waals surface area contributed by atoms with Crippen molar-refractivity contribution in [3.8, 4) is 0 Å². The number of thioether (sulfide) groups is 1. The third-order valence-electron chi connectivity index (χ3n) is 2.79. The van der Waals surface area contributed by atoms with Crippen LogP contribution in [0.4, 0.5) is 0 Å². The van der Waals surface area contributed by atoms with E-state index in [1.54, 1.807) is 0 Å². The fraction of sp³-hybridized carbons (Fsp3) is 0.900. The maximum atomic E-state index is 11.7. The van der Waals surface area contributed by atoms with E-state index in [1.165, 1.54) is 12.8 Å². The summed E-state index contributed by atoms with van der Waals surface area (Å²) in [7, 11) is 0. The highest BCUT2D eigenvalue weighted by Gasteiger charge is 2.26. The van der Waals surface area contributed by atoms with E-state index in [-0.39, 0.29) is 18.1 Å². The normalized spacial score (nSPS) is 29.0. The van der Waals surface area contributed by atoms with Crippen LogP contribution in [-0.2, 0) is 9.53 Å². The van der Waals surface area contributed by atoms with Gasteiger partial charge in [0.1, 0.15) is 12.1 Å². The van der Waals surface area contributed by atoms with Crippen LogP contribution in [0.1, 0.15) is 25.7 Å². The summed E-state index contributed by atoms with van der Waals surface area (Å²) in [6, 6.07) is -0.0608. The summed E-state index contributed by atoms with van der Waals surface area (Å²) >= 11 is 1.83. The highest BCUT2D eigenvalue weighted by molar-refractivity contribution is 7.99. The van der Waals surface area contributed by atoms with Crippen LogP contribution in [0.25, 0.3) is 0 Å². The molecule has 2 fully saturated rings. The molecule has 1 aliphatic carbocycles. The van der Waals surface area contributed by atoms with Crippen LogP contribution in [0.3, 0.4) is 0 Å². The van der Waals surface area contributed by atoms with Crippen molar-refractivity contribution in [3.05, 3.63) is 0 Å². The van der Waals surface area contributed by atoms with Gasteiger partial charge < -0.3 is 10.1 Å². The van der Waals surface area contributed by atoms with Crippen molar-refractivity contribution in [1.29, 1.82) is 0 Å². The first-order chi connectivity index (χ1) is 6.86. The molecule has 1 heterocycles. The summed E-state index contributed by atoms with van der Waals surface area (Å²) in [5, 5.41) is 3.20. The van der Waals surface area contributed by atoms with Gasteiger partial charge in [0.15, 0.2) is 0 Å². The molecule has 0 aromatic heterocycles. The van der Waals surface area contributed by atoms with E-state index >= 15 is 0 Å². The van der Waals surface area contributed by atoms with Crippen molar-refractivity contribution >= 4 is 17.7 Å².